The molecule has 1 aliphatic heterocycles. The van der Waals surface area contributed by atoms with E-state index < -0.39 is 27.5 Å². The summed E-state index contributed by atoms with van der Waals surface area (Å²) < 4.78 is 0. The van der Waals surface area contributed by atoms with Crippen LogP contribution in [0.2, 0.25) is 0 Å². The Bertz CT molecular complexity index is 2250. The number of benzene rings is 5. The maximum absolute atomic E-state index is 14.4. The zero-order chi connectivity index (χ0) is 42.8. The lowest BCUT2D eigenvalue weighted by molar-refractivity contribution is 0.0622. The Morgan fingerprint density at radius 1 is 0.500 bits per heavy atom. The molecule has 0 bridgehead atoms. The number of aryl methyl sites for hydroxylation is 2. The Morgan fingerprint density at radius 3 is 1.35 bits per heavy atom. The van der Waals surface area contributed by atoms with Gasteiger partial charge in [0.05, 0.1) is 0 Å². The van der Waals surface area contributed by atoms with Crippen molar-refractivity contribution < 1.29 is 19.2 Å². The summed E-state index contributed by atoms with van der Waals surface area (Å²) in [6.07, 6.45) is 12.1. The number of rotatable bonds is 22. The maximum Gasteiger partial charge on any atom is 0.263 e. The van der Waals surface area contributed by atoms with Gasteiger partial charge >= 0.3 is 0 Å². The van der Waals surface area contributed by atoms with E-state index in [9.17, 15) is 19.2 Å². The van der Waals surface area contributed by atoms with Crippen molar-refractivity contribution in [3.05, 3.63) is 69.8 Å². The molecule has 0 saturated carbocycles. The topological polar surface area (TPSA) is 78.0 Å². The first-order chi connectivity index (χ1) is 29.0. The summed E-state index contributed by atoms with van der Waals surface area (Å²) in [5.74, 6) is -2.98. The van der Waals surface area contributed by atoms with E-state index in [4.69, 9.17) is 46.4 Å². The van der Waals surface area contributed by atoms with Crippen LogP contribution in [0.4, 0.5) is 0 Å². The summed E-state index contributed by atoms with van der Waals surface area (Å²) in [5.41, 5.74) is 3.63. The number of halogens is 4. The van der Waals surface area contributed by atoms with E-state index in [0.29, 0.717) is 45.9 Å². The Hall–Kier alpha value is -3.04. The zero-order valence-corrected chi connectivity index (χ0v) is 38.4. The molecule has 60 heavy (non-hydrogen) atoms. The Kier molecular flexibility index (Phi) is 14.7. The Labute approximate surface area is 374 Å². The summed E-state index contributed by atoms with van der Waals surface area (Å²) in [5, 5.41) is 6.56. The van der Waals surface area contributed by atoms with E-state index in [1.54, 1.807) is 6.07 Å². The fourth-order valence-electron chi connectivity index (χ4n) is 9.81. The van der Waals surface area contributed by atoms with Crippen LogP contribution in [-0.2, 0) is 12.8 Å². The summed E-state index contributed by atoms with van der Waals surface area (Å²) in [7, 11) is 0. The lowest BCUT2D eigenvalue weighted by Gasteiger charge is -2.31. The monoisotopic (exact) mass is 891 g/mol. The van der Waals surface area contributed by atoms with Crippen LogP contribution in [0.1, 0.15) is 144 Å². The van der Waals surface area contributed by atoms with Gasteiger partial charge in [0.1, 0.15) is 10.8 Å². The second-order valence-electron chi connectivity index (χ2n) is 16.8. The van der Waals surface area contributed by atoms with Crippen molar-refractivity contribution in [2.75, 3.05) is 39.3 Å². The third-order valence-corrected chi connectivity index (χ3v) is 13.8. The number of Topliss-reactive ketones (excluding diaryl/α,β-unsaturated/α-hetero) is 2. The second-order valence-corrected chi connectivity index (χ2v) is 19.1. The molecule has 0 saturated heterocycles. The van der Waals surface area contributed by atoms with Crippen molar-refractivity contribution >= 4 is 113 Å². The number of ketones is 2. The van der Waals surface area contributed by atoms with Gasteiger partial charge in [0.2, 0.25) is 0 Å². The highest BCUT2D eigenvalue weighted by molar-refractivity contribution is 6.50. The number of amides is 2. The Balaban J connectivity index is 1.49. The molecule has 0 N–H and O–H groups in total. The number of nitrogens with zero attached hydrogens (tertiary/aromatic N) is 3. The normalized spacial score (nSPS) is 15.7. The molecule has 2 amide bonds. The zero-order valence-electron chi connectivity index (χ0n) is 35.4. The van der Waals surface area contributed by atoms with Gasteiger partial charge in [-0.25, -0.2) is 4.90 Å². The van der Waals surface area contributed by atoms with Crippen molar-refractivity contribution in [2.24, 2.45) is 5.92 Å². The minimum atomic E-state index is -1.35. The molecule has 11 heteroatoms. The molecule has 0 fully saturated rings. The number of carbonyl (C=O) groups excluding carboxylic acids is 4. The number of unbranched alkanes of at least 4 members (excludes halogenated alkanes) is 4. The van der Waals surface area contributed by atoms with E-state index in [2.05, 4.69) is 37.5 Å². The fourth-order valence-corrected chi connectivity index (χ4v) is 10.6. The maximum atomic E-state index is 14.4. The van der Waals surface area contributed by atoms with Crippen LogP contribution in [0.3, 0.4) is 0 Å². The first-order valence-corrected chi connectivity index (χ1v) is 24.0. The number of hydrogen-bond donors (Lipinski definition) is 0. The van der Waals surface area contributed by atoms with Gasteiger partial charge < -0.3 is 9.80 Å². The van der Waals surface area contributed by atoms with Gasteiger partial charge in [0.15, 0.2) is 16.5 Å². The molecule has 1 aliphatic carbocycles. The standard InChI is InChI=1S/C49H57Cl4N3O4/c1-5-9-21-54(22-10-6-2)25-13-15-29-27-35-39-33(44(57)43(45(35)58)46(50)51)19-17-31-38-30(16-14-26-55(23-11-7-3)24-12-8-4)28-36-40-34(47(59)56(48(36)60)49(52)53)20-18-32(42(38)40)37(29)41(31)39/h17-20,27-28,43,46,49H,5-16,21-26H2,1-4H3. The average molecular weight is 894 g/mol. The van der Waals surface area contributed by atoms with Crippen molar-refractivity contribution in [2.45, 2.75) is 115 Å². The van der Waals surface area contributed by atoms with E-state index in [0.717, 1.165) is 152 Å². The number of hydrogen-bond acceptors (Lipinski definition) is 6. The van der Waals surface area contributed by atoms with Gasteiger partial charge in [-0.3, -0.25) is 19.2 Å². The molecule has 1 atom stereocenters. The lowest BCUT2D eigenvalue weighted by Crippen LogP contribution is -2.42. The van der Waals surface area contributed by atoms with E-state index in [1.807, 2.05) is 30.3 Å². The van der Waals surface area contributed by atoms with Crippen LogP contribution in [0, 0.1) is 5.92 Å². The first-order valence-electron chi connectivity index (χ1n) is 22.2. The number of imide groups is 1. The molecule has 1 heterocycles. The van der Waals surface area contributed by atoms with E-state index in [-0.39, 0.29) is 11.6 Å². The van der Waals surface area contributed by atoms with Gasteiger partial charge in [-0.05, 0) is 152 Å². The fraction of sp³-hybridized carbons (Fsp3) is 0.510. The smallest absolute Gasteiger partial charge is 0.263 e. The summed E-state index contributed by atoms with van der Waals surface area (Å²) in [6.45, 7) is 14.8. The lowest BCUT2D eigenvalue weighted by atomic mass is 9.74. The number of fused-ring (bicyclic) bond motifs is 2. The molecule has 0 spiro atoms. The Morgan fingerprint density at radius 2 is 0.900 bits per heavy atom. The molecule has 320 valence electrons. The number of carbonyl (C=O) groups is 4. The SMILES string of the molecule is CCCCN(CCCC)CCCc1cc2c3c(ccc4c5c(CCCN(CCCC)CCCC)cc6c7c(ccc(c1c34)c75)C(=O)N(C(Cl)Cl)C6=O)C(=O)C(C(Cl)Cl)C2=O. The summed E-state index contributed by atoms with van der Waals surface area (Å²) >= 11 is 25.5. The highest BCUT2D eigenvalue weighted by Gasteiger charge is 2.42. The van der Waals surface area contributed by atoms with Crippen molar-refractivity contribution in [1.82, 2.24) is 14.7 Å². The predicted molar refractivity (Wildman–Crippen MR) is 250 cm³/mol. The van der Waals surface area contributed by atoms with Crippen LogP contribution in [0.15, 0.2) is 36.4 Å². The molecule has 5 aromatic carbocycles. The molecule has 7 nitrogen and oxygen atoms in total. The molecule has 2 aliphatic rings. The van der Waals surface area contributed by atoms with E-state index >= 15 is 0 Å². The third-order valence-electron chi connectivity index (χ3n) is 12.9. The quantitative estimate of drug-likeness (QED) is 0.0172. The largest absolute Gasteiger partial charge is 0.303 e. The first kappa shape index (κ1) is 45.0. The van der Waals surface area contributed by atoms with Gasteiger partial charge in [-0.2, -0.15) is 0 Å². The second kappa shape index (κ2) is 19.6. The minimum Gasteiger partial charge on any atom is -0.303 e. The predicted octanol–water partition coefficient (Wildman–Crippen LogP) is 12.6. The molecule has 5 aromatic rings. The highest BCUT2D eigenvalue weighted by Crippen LogP contribution is 2.50. The van der Waals surface area contributed by atoms with E-state index in [1.165, 1.54) is 0 Å². The van der Waals surface area contributed by atoms with Gasteiger partial charge in [-0.15, -0.1) is 23.2 Å². The van der Waals surface area contributed by atoms with Crippen molar-refractivity contribution in [3.8, 4) is 0 Å². The van der Waals surface area contributed by atoms with Crippen LogP contribution < -0.4 is 0 Å². The van der Waals surface area contributed by atoms with Crippen molar-refractivity contribution in [3.63, 3.8) is 0 Å². The molecular weight excluding hydrogens is 836 g/mol. The summed E-state index contributed by atoms with van der Waals surface area (Å²) in [4.78, 5) is 60.4. The molecule has 7 rings (SSSR count). The van der Waals surface area contributed by atoms with Crippen molar-refractivity contribution in [1.29, 1.82) is 0 Å². The molecular formula is C49H57Cl4N3O4. The molecule has 0 aromatic heterocycles. The third kappa shape index (κ3) is 8.29. The van der Waals surface area contributed by atoms with Gasteiger partial charge in [-0.1, -0.05) is 94.8 Å². The van der Waals surface area contributed by atoms with Crippen LogP contribution in [-0.4, -0.2) is 87.1 Å². The van der Waals surface area contributed by atoms with Gasteiger partial charge in [0, 0.05) is 33.0 Å². The van der Waals surface area contributed by atoms with Crippen LogP contribution >= 0.6 is 46.4 Å². The van der Waals surface area contributed by atoms with Gasteiger partial charge in [0.25, 0.3) is 11.8 Å². The molecule has 1 unspecified atom stereocenters. The average Bonchev–Trinajstić information content (AvgIpc) is 3.22. The van der Waals surface area contributed by atoms with Crippen LogP contribution in [0.5, 0.6) is 0 Å². The minimum absolute atomic E-state index is 0.358. The van der Waals surface area contributed by atoms with Crippen LogP contribution in [0.25, 0.3) is 43.1 Å². The number of alkyl halides is 4. The summed E-state index contributed by atoms with van der Waals surface area (Å²) in [6, 6.07) is 11.5. The molecule has 0 radical (unpaired) electrons. The highest BCUT2D eigenvalue weighted by atomic mass is 35.5.